The van der Waals surface area contributed by atoms with Gasteiger partial charge in [0.25, 0.3) is 0 Å². The van der Waals surface area contributed by atoms with Crippen LogP contribution in [0.3, 0.4) is 0 Å². The smallest absolute Gasteiger partial charge is 0.165 e. The number of ether oxygens (including phenoxy) is 1. The van der Waals surface area contributed by atoms with Gasteiger partial charge in [0, 0.05) is 0 Å². The molecule has 0 aliphatic heterocycles. The Bertz CT molecular complexity index is 604. The van der Waals surface area contributed by atoms with Gasteiger partial charge in [-0.25, -0.2) is 4.39 Å². The van der Waals surface area contributed by atoms with Crippen LogP contribution in [0.5, 0.6) is 5.75 Å². The Hall–Kier alpha value is -1.29. The fourth-order valence-electron chi connectivity index (χ4n) is 1.77. The molecule has 0 spiro atoms. The van der Waals surface area contributed by atoms with Crippen LogP contribution in [0.25, 0.3) is 0 Å². The van der Waals surface area contributed by atoms with Crippen molar-refractivity contribution in [3.05, 3.63) is 63.4 Å². The SMILES string of the molecule is NCCc1ccc(OCc2ccc(Cl)c(Cl)c2)c(F)c1. The maximum atomic E-state index is 13.8. The van der Waals surface area contributed by atoms with Gasteiger partial charge in [-0.15, -0.1) is 0 Å². The molecular weight excluding hydrogens is 300 g/mol. The number of nitrogens with two attached hydrogens (primary N) is 1. The molecule has 0 heterocycles. The van der Waals surface area contributed by atoms with Crippen molar-refractivity contribution < 1.29 is 9.13 Å². The number of halogens is 3. The summed E-state index contributed by atoms with van der Waals surface area (Å²) >= 11 is 11.7. The molecule has 0 aliphatic rings. The second-order valence-electron chi connectivity index (χ2n) is 4.34. The molecule has 0 bridgehead atoms. The van der Waals surface area contributed by atoms with Crippen LogP contribution < -0.4 is 10.5 Å². The molecule has 0 fully saturated rings. The van der Waals surface area contributed by atoms with Crippen molar-refractivity contribution in [2.45, 2.75) is 13.0 Å². The first-order chi connectivity index (χ1) is 9.60. The number of benzene rings is 2. The van der Waals surface area contributed by atoms with Crippen LogP contribution in [0.15, 0.2) is 36.4 Å². The van der Waals surface area contributed by atoms with Crippen molar-refractivity contribution in [1.82, 2.24) is 0 Å². The molecule has 2 nitrogen and oxygen atoms in total. The highest BCUT2D eigenvalue weighted by Crippen LogP contribution is 2.24. The maximum Gasteiger partial charge on any atom is 0.165 e. The van der Waals surface area contributed by atoms with E-state index >= 15 is 0 Å². The summed E-state index contributed by atoms with van der Waals surface area (Å²) in [4.78, 5) is 0. The molecule has 0 atom stereocenters. The molecule has 0 aliphatic carbocycles. The maximum absolute atomic E-state index is 13.8. The van der Waals surface area contributed by atoms with E-state index in [9.17, 15) is 4.39 Å². The summed E-state index contributed by atoms with van der Waals surface area (Å²) in [5.41, 5.74) is 7.11. The van der Waals surface area contributed by atoms with Crippen LogP contribution in [0.1, 0.15) is 11.1 Å². The van der Waals surface area contributed by atoms with Crippen molar-refractivity contribution in [1.29, 1.82) is 0 Å². The summed E-state index contributed by atoms with van der Waals surface area (Å²) in [6.07, 6.45) is 0.643. The summed E-state index contributed by atoms with van der Waals surface area (Å²) in [6.45, 7) is 0.715. The van der Waals surface area contributed by atoms with E-state index in [0.717, 1.165) is 11.1 Å². The third kappa shape index (κ3) is 3.85. The zero-order chi connectivity index (χ0) is 14.5. The van der Waals surface area contributed by atoms with Crippen LogP contribution in [0, 0.1) is 5.82 Å². The van der Waals surface area contributed by atoms with Crippen LogP contribution >= 0.6 is 23.2 Å². The van der Waals surface area contributed by atoms with E-state index in [1.807, 2.05) is 0 Å². The van der Waals surface area contributed by atoms with Gasteiger partial charge in [-0.05, 0) is 48.4 Å². The number of hydrogen-bond acceptors (Lipinski definition) is 2. The highest BCUT2D eigenvalue weighted by atomic mass is 35.5. The Labute approximate surface area is 127 Å². The number of rotatable bonds is 5. The zero-order valence-corrected chi connectivity index (χ0v) is 12.2. The lowest BCUT2D eigenvalue weighted by molar-refractivity contribution is 0.290. The lowest BCUT2D eigenvalue weighted by Crippen LogP contribution is -2.03. The van der Waals surface area contributed by atoms with Crippen LogP contribution in [-0.2, 0) is 13.0 Å². The first kappa shape index (κ1) is 15.1. The molecule has 106 valence electrons. The van der Waals surface area contributed by atoms with Gasteiger partial charge in [-0.2, -0.15) is 0 Å². The molecule has 2 aromatic rings. The largest absolute Gasteiger partial charge is 0.486 e. The van der Waals surface area contributed by atoms with E-state index < -0.39 is 5.82 Å². The zero-order valence-electron chi connectivity index (χ0n) is 10.7. The quantitative estimate of drug-likeness (QED) is 0.897. The summed E-state index contributed by atoms with van der Waals surface area (Å²) in [5.74, 6) is -0.187. The Kier molecular flexibility index (Phi) is 5.24. The molecule has 0 aromatic heterocycles. The fourth-order valence-corrected chi connectivity index (χ4v) is 2.09. The molecule has 0 amide bonds. The Morgan fingerprint density at radius 2 is 1.75 bits per heavy atom. The first-order valence-corrected chi connectivity index (χ1v) is 6.91. The Morgan fingerprint density at radius 3 is 2.40 bits per heavy atom. The van der Waals surface area contributed by atoms with Crippen LogP contribution in [-0.4, -0.2) is 6.54 Å². The predicted molar refractivity (Wildman–Crippen MR) is 80.0 cm³/mol. The van der Waals surface area contributed by atoms with Gasteiger partial charge in [-0.1, -0.05) is 35.3 Å². The Balaban J connectivity index is 2.05. The molecule has 0 unspecified atom stereocenters. The average molecular weight is 314 g/mol. The average Bonchev–Trinajstić information content (AvgIpc) is 2.42. The van der Waals surface area contributed by atoms with Gasteiger partial charge in [0.2, 0.25) is 0 Å². The van der Waals surface area contributed by atoms with Crippen LogP contribution in [0.4, 0.5) is 4.39 Å². The van der Waals surface area contributed by atoms with Gasteiger partial charge in [0.1, 0.15) is 6.61 Å². The van der Waals surface area contributed by atoms with E-state index in [0.29, 0.717) is 23.0 Å². The molecule has 2 rings (SSSR count). The second kappa shape index (κ2) is 6.93. The first-order valence-electron chi connectivity index (χ1n) is 6.15. The van der Waals surface area contributed by atoms with Gasteiger partial charge in [-0.3, -0.25) is 0 Å². The van der Waals surface area contributed by atoms with Gasteiger partial charge < -0.3 is 10.5 Å². The highest BCUT2D eigenvalue weighted by Gasteiger charge is 2.06. The Morgan fingerprint density at radius 1 is 1.00 bits per heavy atom. The third-order valence-electron chi connectivity index (χ3n) is 2.81. The van der Waals surface area contributed by atoms with Gasteiger partial charge in [0.05, 0.1) is 10.0 Å². The standard InChI is InChI=1S/C15H14Cl2FNO/c16-12-3-1-11(7-13(12)17)9-20-15-4-2-10(5-6-19)8-14(15)18/h1-4,7-8H,5-6,9,19H2. The molecule has 0 radical (unpaired) electrons. The molecule has 0 saturated heterocycles. The summed E-state index contributed by atoms with van der Waals surface area (Å²) < 4.78 is 19.2. The minimum Gasteiger partial charge on any atom is -0.486 e. The van der Waals surface area contributed by atoms with Crippen molar-refractivity contribution in [3.8, 4) is 5.75 Å². The van der Waals surface area contributed by atoms with Crippen molar-refractivity contribution >= 4 is 23.2 Å². The lowest BCUT2D eigenvalue weighted by atomic mass is 10.1. The van der Waals surface area contributed by atoms with Gasteiger partial charge in [0.15, 0.2) is 11.6 Å². The monoisotopic (exact) mass is 313 g/mol. The molecule has 2 aromatic carbocycles. The number of hydrogen-bond donors (Lipinski definition) is 1. The van der Waals surface area contributed by atoms with E-state index in [1.165, 1.54) is 6.07 Å². The molecule has 5 heteroatoms. The van der Waals surface area contributed by atoms with E-state index in [4.69, 9.17) is 33.7 Å². The van der Waals surface area contributed by atoms with E-state index in [-0.39, 0.29) is 12.4 Å². The molecule has 2 N–H and O–H groups in total. The van der Waals surface area contributed by atoms with Crippen molar-refractivity contribution in [2.75, 3.05) is 6.54 Å². The highest BCUT2D eigenvalue weighted by molar-refractivity contribution is 6.42. The fraction of sp³-hybridized carbons (Fsp3) is 0.200. The lowest BCUT2D eigenvalue weighted by Gasteiger charge is -2.09. The predicted octanol–water partition coefficient (Wildman–Crippen LogP) is 4.21. The minimum atomic E-state index is -0.393. The van der Waals surface area contributed by atoms with Crippen molar-refractivity contribution in [2.24, 2.45) is 5.73 Å². The topological polar surface area (TPSA) is 35.2 Å². The summed E-state index contributed by atoms with van der Waals surface area (Å²) in [7, 11) is 0. The molecule has 20 heavy (non-hydrogen) atoms. The molecule has 0 saturated carbocycles. The van der Waals surface area contributed by atoms with E-state index in [2.05, 4.69) is 0 Å². The van der Waals surface area contributed by atoms with Crippen molar-refractivity contribution in [3.63, 3.8) is 0 Å². The normalized spacial score (nSPS) is 10.6. The van der Waals surface area contributed by atoms with Gasteiger partial charge >= 0.3 is 0 Å². The summed E-state index contributed by atoms with van der Waals surface area (Å²) in [6, 6.07) is 10.0. The second-order valence-corrected chi connectivity index (χ2v) is 5.15. The summed E-state index contributed by atoms with van der Waals surface area (Å²) in [5, 5.41) is 0.930. The van der Waals surface area contributed by atoms with Crippen LogP contribution in [0.2, 0.25) is 10.0 Å². The third-order valence-corrected chi connectivity index (χ3v) is 3.55. The minimum absolute atomic E-state index is 0.205. The molecular formula is C15H14Cl2FNO. The van der Waals surface area contributed by atoms with E-state index in [1.54, 1.807) is 30.3 Å².